The van der Waals surface area contributed by atoms with Gasteiger partial charge in [-0.25, -0.2) is 4.39 Å². The molecule has 1 unspecified atom stereocenters. The highest BCUT2D eigenvalue weighted by molar-refractivity contribution is 5.49. The number of halogens is 1. The van der Waals surface area contributed by atoms with Gasteiger partial charge in [-0.2, -0.15) is 5.26 Å². The second-order valence-electron chi connectivity index (χ2n) is 4.54. The van der Waals surface area contributed by atoms with Gasteiger partial charge in [-0.15, -0.1) is 0 Å². The Labute approximate surface area is 122 Å². The van der Waals surface area contributed by atoms with Crippen molar-refractivity contribution in [2.75, 3.05) is 11.9 Å². The lowest BCUT2D eigenvalue weighted by Crippen LogP contribution is -2.07. The highest BCUT2D eigenvalue weighted by atomic mass is 19.1. The van der Waals surface area contributed by atoms with Crippen LogP contribution in [-0.2, 0) is 0 Å². The summed E-state index contributed by atoms with van der Waals surface area (Å²) in [6.07, 6.45) is 0. The molecule has 5 heteroatoms. The van der Waals surface area contributed by atoms with Crippen molar-refractivity contribution >= 4 is 5.69 Å². The van der Waals surface area contributed by atoms with E-state index >= 15 is 0 Å². The van der Waals surface area contributed by atoms with Crippen LogP contribution in [0.25, 0.3) is 0 Å². The minimum Gasteiger partial charge on any atom is -0.507 e. The van der Waals surface area contributed by atoms with Crippen LogP contribution in [0.4, 0.5) is 10.1 Å². The van der Waals surface area contributed by atoms with Crippen molar-refractivity contribution in [1.82, 2.24) is 0 Å². The molecular formula is C16H15FN2O2. The van der Waals surface area contributed by atoms with Crippen molar-refractivity contribution in [3.05, 3.63) is 53.8 Å². The molecule has 2 aromatic rings. The van der Waals surface area contributed by atoms with Crippen LogP contribution >= 0.6 is 0 Å². The summed E-state index contributed by atoms with van der Waals surface area (Å²) in [6.45, 7) is 1.87. The summed E-state index contributed by atoms with van der Waals surface area (Å²) in [5.41, 5.74) is 1.44. The number of aromatic hydroxyl groups is 1. The Kier molecular flexibility index (Phi) is 4.62. The number of benzene rings is 2. The molecule has 2 rings (SSSR count). The first-order chi connectivity index (χ1) is 10.1. The summed E-state index contributed by atoms with van der Waals surface area (Å²) in [5.74, 6) is 0.0609. The van der Waals surface area contributed by atoms with Crippen LogP contribution in [0, 0.1) is 17.1 Å². The highest BCUT2D eigenvalue weighted by Crippen LogP contribution is 2.28. The molecule has 21 heavy (non-hydrogen) atoms. The lowest BCUT2D eigenvalue weighted by Gasteiger charge is -2.17. The number of anilines is 1. The van der Waals surface area contributed by atoms with Crippen LogP contribution in [0.5, 0.6) is 11.5 Å². The van der Waals surface area contributed by atoms with Crippen molar-refractivity contribution in [1.29, 1.82) is 5.26 Å². The van der Waals surface area contributed by atoms with E-state index in [0.717, 1.165) is 11.8 Å². The molecule has 2 N–H and O–H groups in total. The van der Waals surface area contributed by atoms with Crippen LogP contribution in [0.15, 0.2) is 42.5 Å². The van der Waals surface area contributed by atoms with Crippen molar-refractivity contribution in [3.8, 4) is 17.6 Å². The van der Waals surface area contributed by atoms with Gasteiger partial charge in [-0.05, 0) is 37.3 Å². The van der Waals surface area contributed by atoms with E-state index in [1.807, 2.05) is 25.1 Å². The van der Waals surface area contributed by atoms with Gasteiger partial charge < -0.3 is 15.2 Å². The molecule has 0 saturated heterocycles. The first-order valence-electron chi connectivity index (χ1n) is 6.45. The Morgan fingerprint density at radius 3 is 2.62 bits per heavy atom. The molecule has 0 fully saturated rings. The van der Waals surface area contributed by atoms with Gasteiger partial charge in [0.2, 0.25) is 0 Å². The van der Waals surface area contributed by atoms with Gasteiger partial charge in [0.15, 0.2) is 6.61 Å². The number of phenols is 1. The summed E-state index contributed by atoms with van der Waals surface area (Å²) >= 11 is 0. The predicted octanol–water partition coefficient (Wildman–Crippen LogP) is 3.61. The highest BCUT2D eigenvalue weighted by Gasteiger charge is 2.11. The molecule has 0 radical (unpaired) electrons. The Bertz CT molecular complexity index is 650. The van der Waals surface area contributed by atoms with Crippen LogP contribution < -0.4 is 10.1 Å². The summed E-state index contributed by atoms with van der Waals surface area (Å²) < 4.78 is 18.1. The lowest BCUT2D eigenvalue weighted by molar-refractivity contribution is 0.368. The third-order valence-corrected chi connectivity index (χ3v) is 3.00. The largest absolute Gasteiger partial charge is 0.507 e. The van der Waals surface area contributed by atoms with E-state index in [-0.39, 0.29) is 18.4 Å². The van der Waals surface area contributed by atoms with E-state index in [1.54, 1.807) is 18.2 Å². The Morgan fingerprint density at radius 1 is 1.29 bits per heavy atom. The van der Waals surface area contributed by atoms with Gasteiger partial charge in [0.1, 0.15) is 23.4 Å². The van der Waals surface area contributed by atoms with Crippen LogP contribution in [-0.4, -0.2) is 11.7 Å². The molecule has 0 aliphatic carbocycles. The fraction of sp³-hybridized carbons (Fsp3) is 0.188. The summed E-state index contributed by atoms with van der Waals surface area (Å²) in [6, 6.07) is 12.8. The van der Waals surface area contributed by atoms with Crippen LogP contribution in [0.3, 0.4) is 0 Å². The standard InChI is InChI=1S/C16H15FN2O2/c1-11(15-7-2-12(17)10-16(15)20)19-13-3-5-14(6-4-13)21-9-8-18/h2-7,10-11,19-20H,9H2,1H3. The van der Waals surface area contributed by atoms with Crippen molar-refractivity contribution in [2.24, 2.45) is 0 Å². The molecule has 4 nitrogen and oxygen atoms in total. The smallest absolute Gasteiger partial charge is 0.174 e. The lowest BCUT2D eigenvalue weighted by atomic mass is 10.1. The fourth-order valence-corrected chi connectivity index (χ4v) is 1.97. The number of nitrogens with zero attached hydrogens (tertiary/aromatic N) is 1. The molecular weight excluding hydrogens is 271 g/mol. The van der Waals surface area contributed by atoms with E-state index in [1.165, 1.54) is 6.07 Å². The monoisotopic (exact) mass is 286 g/mol. The van der Waals surface area contributed by atoms with Crippen molar-refractivity contribution in [2.45, 2.75) is 13.0 Å². The number of phenolic OH excluding ortho intramolecular Hbond substituents is 1. The molecule has 0 amide bonds. The number of nitriles is 1. The zero-order chi connectivity index (χ0) is 15.2. The Morgan fingerprint density at radius 2 is 2.00 bits per heavy atom. The first-order valence-corrected chi connectivity index (χ1v) is 6.45. The van der Waals surface area contributed by atoms with Gasteiger partial charge >= 0.3 is 0 Å². The number of hydrogen-bond donors (Lipinski definition) is 2. The quantitative estimate of drug-likeness (QED) is 0.881. The SMILES string of the molecule is CC(Nc1ccc(OCC#N)cc1)c1ccc(F)cc1O. The first kappa shape index (κ1) is 14.7. The second-order valence-corrected chi connectivity index (χ2v) is 4.54. The molecule has 108 valence electrons. The number of hydrogen-bond acceptors (Lipinski definition) is 4. The van der Waals surface area contributed by atoms with E-state index in [2.05, 4.69) is 5.32 Å². The third kappa shape index (κ3) is 3.86. The maximum Gasteiger partial charge on any atom is 0.174 e. The van der Waals surface area contributed by atoms with E-state index in [9.17, 15) is 9.50 Å². The minimum absolute atomic E-state index is 0.00658. The topological polar surface area (TPSA) is 65.3 Å². The summed E-state index contributed by atoms with van der Waals surface area (Å²) in [5, 5.41) is 21.4. The minimum atomic E-state index is -0.470. The molecule has 0 spiro atoms. The zero-order valence-electron chi connectivity index (χ0n) is 11.5. The average molecular weight is 286 g/mol. The Balaban J connectivity index is 2.05. The molecule has 1 atom stereocenters. The fourth-order valence-electron chi connectivity index (χ4n) is 1.97. The second kappa shape index (κ2) is 6.62. The van der Waals surface area contributed by atoms with Crippen molar-refractivity contribution in [3.63, 3.8) is 0 Å². The summed E-state index contributed by atoms with van der Waals surface area (Å²) in [4.78, 5) is 0. The van der Waals surface area contributed by atoms with Crippen molar-refractivity contribution < 1.29 is 14.2 Å². The van der Waals surface area contributed by atoms with Gasteiger partial charge in [0, 0.05) is 17.3 Å². The van der Waals surface area contributed by atoms with Gasteiger partial charge in [0.25, 0.3) is 0 Å². The van der Waals surface area contributed by atoms with Crippen LogP contribution in [0.1, 0.15) is 18.5 Å². The van der Waals surface area contributed by atoms with E-state index in [0.29, 0.717) is 11.3 Å². The molecule has 0 aliphatic rings. The predicted molar refractivity (Wildman–Crippen MR) is 77.7 cm³/mol. The molecule has 0 bridgehead atoms. The van der Waals surface area contributed by atoms with Crippen LogP contribution in [0.2, 0.25) is 0 Å². The normalized spacial score (nSPS) is 11.5. The molecule has 2 aromatic carbocycles. The van der Waals surface area contributed by atoms with E-state index in [4.69, 9.17) is 10.00 Å². The Hall–Kier alpha value is -2.74. The average Bonchev–Trinajstić information content (AvgIpc) is 2.46. The molecule has 0 aliphatic heterocycles. The maximum absolute atomic E-state index is 13.0. The number of ether oxygens (including phenoxy) is 1. The third-order valence-electron chi connectivity index (χ3n) is 3.00. The van der Waals surface area contributed by atoms with Gasteiger partial charge in [-0.1, -0.05) is 6.07 Å². The van der Waals surface area contributed by atoms with Gasteiger partial charge in [-0.3, -0.25) is 0 Å². The summed E-state index contributed by atoms with van der Waals surface area (Å²) in [7, 11) is 0. The maximum atomic E-state index is 13.0. The molecule has 0 saturated carbocycles. The zero-order valence-corrected chi connectivity index (χ0v) is 11.5. The van der Waals surface area contributed by atoms with E-state index < -0.39 is 5.82 Å². The molecule has 0 aromatic heterocycles. The molecule has 0 heterocycles. The van der Waals surface area contributed by atoms with Gasteiger partial charge in [0.05, 0.1) is 6.04 Å². The number of rotatable bonds is 5. The number of nitrogens with one attached hydrogen (secondary N) is 1.